The van der Waals surface area contributed by atoms with E-state index in [1.54, 1.807) is 0 Å². The predicted octanol–water partition coefficient (Wildman–Crippen LogP) is -1.72. The van der Waals surface area contributed by atoms with E-state index in [4.69, 9.17) is 10.9 Å². The average molecular weight is 167 g/mol. The lowest BCUT2D eigenvalue weighted by Crippen LogP contribution is -2.32. The Morgan fingerprint density at radius 3 is 2.60 bits per heavy atom. The van der Waals surface area contributed by atoms with E-state index in [9.17, 15) is 8.42 Å². The molecule has 60 valence electrons. The van der Waals surface area contributed by atoms with Crippen LogP contribution in [0, 0.1) is 0 Å². The molecule has 0 aliphatic heterocycles. The third-order valence-corrected chi connectivity index (χ3v) is 1.31. The molecule has 0 aliphatic rings. The van der Waals surface area contributed by atoms with Crippen LogP contribution in [-0.4, -0.2) is 32.3 Å². The number of nitrogens with zero attached hydrogens (tertiary/aromatic N) is 1. The summed E-state index contributed by atoms with van der Waals surface area (Å²) >= 11 is 0. The van der Waals surface area contributed by atoms with E-state index >= 15 is 0 Å². The Bertz CT molecular complexity index is 219. The van der Waals surface area contributed by atoms with Crippen LogP contribution in [0.5, 0.6) is 0 Å². The first-order chi connectivity index (χ1) is 4.45. The molecule has 7 heteroatoms. The first-order valence-corrected chi connectivity index (χ1v) is 4.26. The molecule has 6 nitrogen and oxygen atoms in total. The quantitative estimate of drug-likeness (QED) is 0.201. The number of nitrogens with one attached hydrogen (secondary N) is 1. The third-order valence-electron chi connectivity index (χ3n) is 0.644. The summed E-state index contributed by atoms with van der Waals surface area (Å²) in [5, 5.41) is 10.5. The summed E-state index contributed by atoms with van der Waals surface area (Å²) in [6, 6.07) is 0. The van der Waals surface area contributed by atoms with Crippen molar-refractivity contribution in [3.8, 4) is 0 Å². The minimum Gasteiger partial charge on any atom is -0.409 e. The molecule has 0 saturated heterocycles. The van der Waals surface area contributed by atoms with Gasteiger partial charge < -0.3 is 10.9 Å². The van der Waals surface area contributed by atoms with Crippen molar-refractivity contribution in [2.75, 3.05) is 12.8 Å². The number of sulfonamides is 1. The maximum atomic E-state index is 10.3. The van der Waals surface area contributed by atoms with Crippen molar-refractivity contribution in [2.24, 2.45) is 10.9 Å². The molecule has 0 fully saturated rings. The first kappa shape index (κ1) is 9.18. The van der Waals surface area contributed by atoms with Gasteiger partial charge in [0.15, 0.2) is 5.84 Å². The van der Waals surface area contributed by atoms with Crippen LogP contribution in [0.15, 0.2) is 5.16 Å². The van der Waals surface area contributed by atoms with Crippen LogP contribution in [0.3, 0.4) is 0 Å². The first-order valence-electron chi connectivity index (χ1n) is 2.37. The Morgan fingerprint density at radius 2 is 2.30 bits per heavy atom. The molecule has 0 amide bonds. The van der Waals surface area contributed by atoms with Crippen LogP contribution >= 0.6 is 0 Å². The highest BCUT2D eigenvalue weighted by Gasteiger charge is 2.00. The van der Waals surface area contributed by atoms with Crippen molar-refractivity contribution >= 4 is 15.9 Å². The van der Waals surface area contributed by atoms with Crippen molar-refractivity contribution in [2.45, 2.75) is 0 Å². The van der Waals surface area contributed by atoms with Gasteiger partial charge >= 0.3 is 0 Å². The summed E-state index contributed by atoms with van der Waals surface area (Å²) in [5.74, 6) is -0.176. The van der Waals surface area contributed by atoms with Gasteiger partial charge in [0.1, 0.15) is 0 Å². The molecule has 0 spiro atoms. The molecule has 10 heavy (non-hydrogen) atoms. The van der Waals surface area contributed by atoms with Crippen molar-refractivity contribution < 1.29 is 13.6 Å². The second-order valence-electron chi connectivity index (χ2n) is 1.68. The molecule has 0 atom stereocenters. The number of nitrogens with two attached hydrogens (primary N) is 1. The molecule has 0 bridgehead atoms. The lowest BCUT2D eigenvalue weighted by molar-refractivity contribution is 0.317. The fourth-order valence-corrected chi connectivity index (χ4v) is 0.650. The minimum atomic E-state index is -3.25. The molecular formula is C3H9N3O3S. The Hall–Kier alpha value is -0.820. The molecule has 0 aromatic heterocycles. The third kappa shape index (κ3) is 5.32. The van der Waals surface area contributed by atoms with Gasteiger partial charge in [-0.3, -0.25) is 0 Å². The topological polar surface area (TPSA) is 105 Å². The van der Waals surface area contributed by atoms with Crippen molar-refractivity contribution in [1.82, 2.24) is 4.72 Å². The van der Waals surface area contributed by atoms with Gasteiger partial charge in [-0.25, -0.2) is 13.1 Å². The highest BCUT2D eigenvalue weighted by Crippen LogP contribution is 1.71. The van der Waals surface area contributed by atoms with Gasteiger partial charge in [-0.1, -0.05) is 5.16 Å². The van der Waals surface area contributed by atoms with E-state index in [2.05, 4.69) is 5.16 Å². The van der Waals surface area contributed by atoms with Gasteiger partial charge in [0.25, 0.3) is 0 Å². The Morgan fingerprint density at radius 1 is 1.80 bits per heavy atom. The van der Waals surface area contributed by atoms with Crippen LogP contribution in [0.4, 0.5) is 0 Å². The summed E-state index contributed by atoms with van der Waals surface area (Å²) in [6.45, 7) is -0.171. The molecule has 4 N–H and O–H groups in total. The lowest BCUT2D eigenvalue weighted by Gasteiger charge is -1.97. The van der Waals surface area contributed by atoms with Crippen LogP contribution in [0.1, 0.15) is 0 Å². The van der Waals surface area contributed by atoms with E-state index < -0.39 is 10.0 Å². The highest BCUT2D eigenvalue weighted by molar-refractivity contribution is 7.88. The van der Waals surface area contributed by atoms with Crippen LogP contribution < -0.4 is 10.5 Å². The molecule has 0 aromatic rings. The van der Waals surface area contributed by atoms with Gasteiger partial charge in [0.05, 0.1) is 12.8 Å². The van der Waals surface area contributed by atoms with Gasteiger partial charge in [0.2, 0.25) is 10.0 Å². The van der Waals surface area contributed by atoms with E-state index in [0.717, 1.165) is 6.26 Å². The number of hydrogen-bond donors (Lipinski definition) is 3. The van der Waals surface area contributed by atoms with Crippen molar-refractivity contribution in [3.63, 3.8) is 0 Å². The van der Waals surface area contributed by atoms with Gasteiger partial charge in [0, 0.05) is 0 Å². The smallest absolute Gasteiger partial charge is 0.209 e. The fourth-order valence-electron chi connectivity index (χ4n) is 0.240. The fraction of sp³-hybridized carbons (Fsp3) is 0.667. The maximum absolute atomic E-state index is 10.3. The number of rotatable bonds is 3. The Labute approximate surface area is 58.8 Å². The number of hydrogen-bond acceptors (Lipinski definition) is 4. The molecular weight excluding hydrogens is 158 g/mol. The van der Waals surface area contributed by atoms with Crippen molar-refractivity contribution in [1.29, 1.82) is 0 Å². The molecule has 0 aliphatic carbocycles. The largest absolute Gasteiger partial charge is 0.409 e. The van der Waals surface area contributed by atoms with E-state index in [0.29, 0.717) is 0 Å². The van der Waals surface area contributed by atoms with Crippen LogP contribution in [0.2, 0.25) is 0 Å². The van der Waals surface area contributed by atoms with Gasteiger partial charge in [-0.2, -0.15) is 0 Å². The summed E-state index contributed by atoms with van der Waals surface area (Å²) in [5.41, 5.74) is 4.95. The normalized spacial score (nSPS) is 13.5. The Kier molecular flexibility index (Phi) is 3.10. The minimum absolute atomic E-state index is 0.171. The highest BCUT2D eigenvalue weighted by atomic mass is 32.2. The summed E-state index contributed by atoms with van der Waals surface area (Å²) in [6.07, 6.45) is 0.984. The van der Waals surface area contributed by atoms with E-state index in [1.165, 1.54) is 0 Å². The van der Waals surface area contributed by atoms with Gasteiger partial charge in [-0.05, 0) is 0 Å². The average Bonchev–Trinajstić information content (AvgIpc) is 1.81. The molecule has 0 rings (SSSR count). The second-order valence-corrected chi connectivity index (χ2v) is 3.52. The van der Waals surface area contributed by atoms with Crippen molar-refractivity contribution in [3.05, 3.63) is 0 Å². The zero-order valence-corrected chi connectivity index (χ0v) is 6.22. The van der Waals surface area contributed by atoms with Crippen LogP contribution in [0.25, 0.3) is 0 Å². The predicted molar refractivity (Wildman–Crippen MR) is 36.3 cm³/mol. The molecule has 0 saturated carbocycles. The molecule has 0 unspecified atom stereocenters. The van der Waals surface area contributed by atoms with Crippen LogP contribution in [-0.2, 0) is 10.0 Å². The summed E-state index contributed by atoms with van der Waals surface area (Å²) < 4.78 is 22.7. The van der Waals surface area contributed by atoms with Gasteiger partial charge in [-0.15, -0.1) is 0 Å². The molecule has 0 heterocycles. The summed E-state index contributed by atoms with van der Waals surface area (Å²) in [7, 11) is -3.25. The maximum Gasteiger partial charge on any atom is 0.209 e. The summed E-state index contributed by atoms with van der Waals surface area (Å²) in [4.78, 5) is 0. The molecule has 0 radical (unpaired) electrons. The lowest BCUT2D eigenvalue weighted by atomic mass is 10.6. The number of oxime groups is 1. The second kappa shape index (κ2) is 3.37. The zero-order chi connectivity index (χ0) is 8.20. The Balaban J connectivity index is 3.79. The van der Waals surface area contributed by atoms with E-state index in [-0.39, 0.29) is 12.4 Å². The van der Waals surface area contributed by atoms with E-state index in [1.807, 2.05) is 4.72 Å². The number of amidine groups is 1. The standard InChI is InChI=1S/C3H9N3O3S/c1-10(8,9)5-2-3(4)6-7/h5,7H,2H2,1H3,(H2,4,6). The molecule has 0 aromatic carbocycles. The zero-order valence-electron chi connectivity index (χ0n) is 5.40. The monoisotopic (exact) mass is 167 g/mol. The SMILES string of the molecule is CS(=O)(=O)NC/C(N)=N/O.